The Hall–Kier alpha value is -1.65. The summed E-state index contributed by atoms with van der Waals surface area (Å²) >= 11 is 0. The Labute approximate surface area is 67.7 Å². The first-order valence-corrected chi connectivity index (χ1v) is 3.23. The lowest BCUT2D eigenvalue weighted by molar-refractivity contribution is 0.0691. The first kappa shape index (κ1) is 8.45. The van der Waals surface area contributed by atoms with Crippen molar-refractivity contribution in [3.05, 3.63) is 29.9 Å². The van der Waals surface area contributed by atoms with Gasteiger partial charge < -0.3 is 5.11 Å². The van der Waals surface area contributed by atoms with Crippen LogP contribution in [0.15, 0.2) is 12.7 Å². The number of H-pyrrole nitrogens is 1. The van der Waals surface area contributed by atoms with Crippen molar-refractivity contribution in [2.24, 2.45) is 0 Å². The van der Waals surface area contributed by atoms with Crippen molar-refractivity contribution in [2.75, 3.05) is 0 Å². The van der Waals surface area contributed by atoms with Crippen LogP contribution in [0.3, 0.4) is 0 Å². The van der Waals surface area contributed by atoms with Crippen molar-refractivity contribution >= 4 is 5.97 Å². The number of rotatable bonds is 3. The van der Waals surface area contributed by atoms with E-state index in [1.54, 1.807) is 0 Å². The van der Waals surface area contributed by atoms with E-state index in [-0.39, 0.29) is 12.1 Å². The number of halogens is 1. The Bertz CT molecular complexity index is 319. The number of aromatic nitrogens is 2. The number of carboxylic acids is 1. The Morgan fingerprint density at radius 2 is 2.50 bits per heavy atom. The van der Waals surface area contributed by atoms with Gasteiger partial charge in [0.25, 0.3) is 0 Å². The van der Waals surface area contributed by atoms with Crippen LogP contribution in [0.2, 0.25) is 0 Å². The minimum absolute atomic E-state index is 0.231. The van der Waals surface area contributed by atoms with Gasteiger partial charge in [0.15, 0.2) is 0 Å². The minimum atomic E-state index is -1.32. The topological polar surface area (TPSA) is 66.0 Å². The van der Waals surface area contributed by atoms with Crippen molar-refractivity contribution in [1.82, 2.24) is 10.2 Å². The van der Waals surface area contributed by atoms with Gasteiger partial charge in [-0.05, 0) is 0 Å². The SMILES string of the molecule is C=CCc1[nH]nc(F)c1C(=O)O. The predicted octanol–water partition coefficient (Wildman–Crippen LogP) is 0.976. The fourth-order valence-corrected chi connectivity index (χ4v) is 0.862. The molecule has 4 nitrogen and oxygen atoms in total. The largest absolute Gasteiger partial charge is 0.477 e. The smallest absolute Gasteiger partial charge is 0.342 e. The van der Waals surface area contributed by atoms with Gasteiger partial charge in [0.1, 0.15) is 5.56 Å². The van der Waals surface area contributed by atoms with Crippen LogP contribution in [0.5, 0.6) is 0 Å². The van der Waals surface area contributed by atoms with Crippen LogP contribution in [-0.2, 0) is 6.42 Å². The van der Waals surface area contributed by atoms with Crippen LogP contribution in [0.1, 0.15) is 16.1 Å². The van der Waals surface area contributed by atoms with Gasteiger partial charge in [0, 0.05) is 6.42 Å². The number of aromatic carboxylic acids is 1. The van der Waals surface area contributed by atoms with Crippen LogP contribution in [-0.4, -0.2) is 21.3 Å². The zero-order valence-electron chi connectivity index (χ0n) is 6.17. The Kier molecular flexibility index (Phi) is 2.23. The monoisotopic (exact) mass is 170 g/mol. The van der Waals surface area contributed by atoms with E-state index in [0.29, 0.717) is 0 Å². The third-order valence-corrected chi connectivity index (χ3v) is 1.36. The van der Waals surface area contributed by atoms with Crippen molar-refractivity contribution in [1.29, 1.82) is 0 Å². The van der Waals surface area contributed by atoms with E-state index in [1.165, 1.54) is 6.08 Å². The number of hydrogen-bond donors (Lipinski definition) is 2. The molecule has 1 aromatic rings. The zero-order valence-corrected chi connectivity index (χ0v) is 6.17. The van der Waals surface area contributed by atoms with E-state index in [9.17, 15) is 9.18 Å². The van der Waals surface area contributed by atoms with Crippen LogP contribution >= 0.6 is 0 Å². The second-order valence-electron chi connectivity index (χ2n) is 2.17. The van der Waals surface area contributed by atoms with Crippen molar-refractivity contribution in [2.45, 2.75) is 6.42 Å². The molecule has 1 heterocycles. The van der Waals surface area contributed by atoms with Crippen LogP contribution in [0.25, 0.3) is 0 Å². The molecule has 0 saturated heterocycles. The molecule has 0 aliphatic heterocycles. The number of carboxylic acid groups (broad SMARTS) is 1. The molecule has 0 spiro atoms. The number of hydrogen-bond acceptors (Lipinski definition) is 2. The van der Waals surface area contributed by atoms with E-state index >= 15 is 0 Å². The molecule has 1 aromatic heterocycles. The zero-order chi connectivity index (χ0) is 9.14. The van der Waals surface area contributed by atoms with Gasteiger partial charge in [-0.2, -0.15) is 4.39 Å². The van der Waals surface area contributed by atoms with Crippen molar-refractivity contribution < 1.29 is 14.3 Å². The molecule has 0 aromatic carbocycles. The first-order valence-electron chi connectivity index (χ1n) is 3.23. The number of allylic oxidation sites excluding steroid dienone is 1. The quantitative estimate of drug-likeness (QED) is 0.664. The summed E-state index contributed by atoms with van der Waals surface area (Å²) in [7, 11) is 0. The van der Waals surface area contributed by atoms with Gasteiger partial charge in [-0.25, -0.2) is 4.79 Å². The maximum absolute atomic E-state index is 12.6. The lowest BCUT2D eigenvalue weighted by Gasteiger charge is -1.92. The molecule has 0 unspecified atom stereocenters. The molecule has 2 N–H and O–H groups in total. The fourth-order valence-electron chi connectivity index (χ4n) is 0.862. The normalized spacial score (nSPS) is 9.75. The molecule has 64 valence electrons. The highest BCUT2D eigenvalue weighted by molar-refractivity contribution is 5.88. The van der Waals surface area contributed by atoms with Gasteiger partial charge in [-0.15, -0.1) is 11.7 Å². The summed E-state index contributed by atoms with van der Waals surface area (Å²) in [6.45, 7) is 3.40. The molecule has 5 heteroatoms. The number of aromatic amines is 1. The van der Waals surface area contributed by atoms with Crippen molar-refractivity contribution in [3.63, 3.8) is 0 Å². The van der Waals surface area contributed by atoms with Gasteiger partial charge in [0.05, 0.1) is 5.69 Å². The first-order chi connectivity index (χ1) is 5.66. The number of nitrogens with zero attached hydrogens (tertiary/aromatic N) is 1. The lowest BCUT2D eigenvalue weighted by atomic mass is 10.2. The molecular weight excluding hydrogens is 163 g/mol. The highest BCUT2D eigenvalue weighted by Gasteiger charge is 2.18. The summed E-state index contributed by atoms with van der Waals surface area (Å²) in [4.78, 5) is 10.4. The number of carbonyl (C=O) groups is 1. The summed E-state index contributed by atoms with van der Waals surface area (Å²) in [5, 5.41) is 13.9. The van der Waals surface area contributed by atoms with E-state index in [1.807, 2.05) is 0 Å². The van der Waals surface area contributed by atoms with Gasteiger partial charge in [0.2, 0.25) is 5.95 Å². The molecule has 0 radical (unpaired) electrons. The van der Waals surface area contributed by atoms with Gasteiger partial charge in [-0.1, -0.05) is 6.08 Å². The predicted molar refractivity (Wildman–Crippen MR) is 39.4 cm³/mol. The van der Waals surface area contributed by atoms with E-state index in [0.717, 1.165) is 0 Å². The highest BCUT2D eigenvalue weighted by Crippen LogP contribution is 2.10. The Balaban J connectivity index is 3.11. The number of nitrogens with one attached hydrogen (secondary N) is 1. The molecule has 0 aliphatic rings. The summed E-state index contributed by atoms with van der Waals surface area (Å²) < 4.78 is 12.6. The second-order valence-corrected chi connectivity index (χ2v) is 2.17. The fraction of sp³-hybridized carbons (Fsp3) is 0.143. The third-order valence-electron chi connectivity index (χ3n) is 1.36. The molecular formula is C7H7FN2O2. The van der Waals surface area contributed by atoms with E-state index in [4.69, 9.17) is 5.11 Å². The van der Waals surface area contributed by atoms with Crippen LogP contribution in [0, 0.1) is 5.95 Å². The lowest BCUT2D eigenvalue weighted by Crippen LogP contribution is -2.01. The maximum atomic E-state index is 12.6. The molecule has 0 aliphatic carbocycles. The maximum Gasteiger partial charge on any atom is 0.342 e. The minimum Gasteiger partial charge on any atom is -0.477 e. The summed E-state index contributed by atoms with van der Waals surface area (Å²) in [5.74, 6) is -2.31. The summed E-state index contributed by atoms with van der Waals surface area (Å²) in [5.41, 5.74) is -0.176. The average molecular weight is 170 g/mol. The summed E-state index contributed by atoms with van der Waals surface area (Å²) in [6, 6.07) is 0. The Morgan fingerprint density at radius 3 is 3.00 bits per heavy atom. The van der Waals surface area contributed by atoms with Gasteiger partial charge in [-0.3, -0.25) is 5.10 Å². The van der Waals surface area contributed by atoms with Crippen molar-refractivity contribution in [3.8, 4) is 0 Å². The van der Waals surface area contributed by atoms with Crippen LogP contribution < -0.4 is 0 Å². The molecule has 0 atom stereocenters. The van der Waals surface area contributed by atoms with E-state index < -0.39 is 17.5 Å². The average Bonchev–Trinajstić information content (AvgIpc) is 2.32. The highest BCUT2D eigenvalue weighted by atomic mass is 19.1. The molecule has 0 fully saturated rings. The Morgan fingerprint density at radius 1 is 1.83 bits per heavy atom. The molecule has 0 saturated carbocycles. The standard InChI is InChI=1S/C7H7FN2O2/c1-2-3-4-5(7(11)12)6(8)10-9-4/h2H,1,3H2,(H,9,10)(H,11,12). The van der Waals surface area contributed by atoms with Crippen LogP contribution in [0.4, 0.5) is 4.39 Å². The molecule has 0 amide bonds. The molecule has 0 bridgehead atoms. The molecule has 12 heavy (non-hydrogen) atoms. The third kappa shape index (κ3) is 1.34. The molecule has 1 rings (SSSR count). The van der Waals surface area contributed by atoms with E-state index in [2.05, 4.69) is 16.8 Å². The van der Waals surface area contributed by atoms with Gasteiger partial charge >= 0.3 is 5.97 Å². The second kappa shape index (κ2) is 3.17. The summed E-state index contributed by atoms with van der Waals surface area (Å²) in [6.07, 6.45) is 1.73.